The van der Waals surface area contributed by atoms with Crippen molar-refractivity contribution in [1.82, 2.24) is 0 Å². The molecular weight excluding hydrogens is 258 g/mol. The van der Waals surface area contributed by atoms with E-state index in [2.05, 4.69) is 20.9 Å². The monoisotopic (exact) mass is 269 g/mol. The van der Waals surface area contributed by atoms with Gasteiger partial charge in [-0.15, -0.1) is 0 Å². The quantitative estimate of drug-likeness (QED) is 0.623. The second-order valence-corrected chi connectivity index (χ2v) is 4.19. The van der Waals surface area contributed by atoms with Crippen LogP contribution in [0.1, 0.15) is 19.4 Å². The number of ether oxygens (including phenoxy) is 1. The van der Waals surface area contributed by atoms with Crippen molar-refractivity contribution in [3.8, 4) is 5.75 Å². The molecule has 0 heterocycles. The molecule has 0 unspecified atom stereocenters. The van der Waals surface area contributed by atoms with Crippen molar-refractivity contribution in [2.24, 2.45) is 4.99 Å². The Labute approximate surface area is 97.3 Å². The standard InChI is InChI=1S/C11H12BrNO2/c1-8(2)15-11-4-3-9(5-10(11)12)6-13-7-14/h3-5,8H,6H2,1-2H3. The van der Waals surface area contributed by atoms with Crippen molar-refractivity contribution in [3.63, 3.8) is 0 Å². The first-order valence-corrected chi connectivity index (χ1v) is 5.41. The minimum absolute atomic E-state index is 0.139. The lowest BCUT2D eigenvalue weighted by atomic mass is 10.2. The van der Waals surface area contributed by atoms with Crippen LogP contribution < -0.4 is 4.74 Å². The SMILES string of the molecule is CC(C)Oc1ccc(CN=C=O)cc1Br. The van der Waals surface area contributed by atoms with Gasteiger partial charge in [0.05, 0.1) is 17.1 Å². The van der Waals surface area contributed by atoms with Crippen molar-refractivity contribution in [2.75, 3.05) is 0 Å². The number of benzene rings is 1. The molecular formula is C11H12BrNO2. The number of rotatable bonds is 4. The Morgan fingerprint density at radius 3 is 2.80 bits per heavy atom. The molecule has 0 fully saturated rings. The molecule has 0 atom stereocenters. The molecule has 15 heavy (non-hydrogen) atoms. The number of hydrogen-bond acceptors (Lipinski definition) is 3. The molecule has 0 radical (unpaired) electrons. The van der Waals surface area contributed by atoms with Gasteiger partial charge in [0.2, 0.25) is 6.08 Å². The zero-order valence-corrected chi connectivity index (χ0v) is 10.2. The van der Waals surface area contributed by atoms with Crippen molar-refractivity contribution >= 4 is 22.0 Å². The summed E-state index contributed by atoms with van der Waals surface area (Å²) in [5.41, 5.74) is 0.946. The molecule has 0 bridgehead atoms. The van der Waals surface area contributed by atoms with E-state index in [-0.39, 0.29) is 6.10 Å². The second kappa shape index (κ2) is 5.69. The highest BCUT2D eigenvalue weighted by molar-refractivity contribution is 9.10. The molecule has 1 aromatic carbocycles. The third-order valence-electron chi connectivity index (χ3n) is 1.69. The Hall–Kier alpha value is -1.12. The van der Waals surface area contributed by atoms with Crippen molar-refractivity contribution in [1.29, 1.82) is 0 Å². The molecule has 0 aliphatic heterocycles. The van der Waals surface area contributed by atoms with E-state index in [9.17, 15) is 4.79 Å². The molecule has 0 saturated heterocycles. The summed E-state index contributed by atoms with van der Waals surface area (Å²) >= 11 is 3.40. The van der Waals surface area contributed by atoms with E-state index < -0.39 is 0 Å². The van der Waals surface area contributed by atoms with Gasteiger partial charge in [-0.2, -0.15) is 0 Å². The highest BCUT2D eigenvalue weighted by Gasteiger charge is 2.04. The summed E-state index contributed by atoms with van der Waals surface area (Å²) in [6, 6.07) is 5.63. The molecule has 0 aliphatic carbocycles. The Morgan fingerprint density at radius 1 is 1.53 bits per heavy atom. The summed E-state index contributed by atoms with van der Waals surface area (Å²) in [6.45, 7) is 4.29. The summed E-state index contributed by atoms with van der Waals surface area (Å²) in [5.74, 6) is 0.795. The Bertz CT molecular complexity index is 384. The van der Waals surface area contributed by atoms with E-state index in [1.807, 2.05) is 32.0 Å². The van der Waals surface area contributed by atoms with Gasteiger partial charge in [-0.3, -0.25) is 0 Å². The first kappa shape index (κ1) is 12.0. The van der Waals surface area contributed by atoms with Gasteiger partial charge in [-0.25, -0.2) is 9.79 Å². The predicted octanol–water partition coefficient (Wildman–Crippen LogP) is 3.07. The summed E-state index contributed by atoms with van der Waals surface area (Å²) in [7, 11) is 0. The first-order valence-electron chi connectivity index (χ1n) is 4.62. The number of carbonyl (C=O) groups excluding carboxylic acids is 1. The van der Waals surface area contributed by atoms with Crippen LogP contribution in [0.4, 0.5) is 0 Å². The fraction of sp³-hybridized carbons (Fsp3) is 0.364. The molecule has 1 rings (SSSR count). The fourth-order valence-electron chi connectivity index (χ4n) is 1.12. The van der Waals surface area contributed by atoms with Crippen molar-refractivity contribution in [3.05, 3.63) is 28.2 Å². The van der Waals surface area contributed by atoms with Crippen LogP contribution in [-0.2, 0) is 11.3 Å². The number of halogens is 1. The topological polar surface area (TPSA) is 38.7 Å². The lowest BCUT2D eigenvalue weighted by molar-refractivity contribution is 0.241. The van der Waals surface area contributed by atoms with E-state index in [4.69, 9.17) is 4.74 Å². The summed E-state index contributed by atoms with van der Waals surface area (Å²) in [6.07, 6.45) is 1.65. The smallest absolute Gasteiger partial charge is 0.235 e. The van der Waals surface area contributed by atoms with Gasteiger partial charge in [0.1, 0.15) is 5.75 Å². The maximum absolute atomic E-state index is 9.95. The highest BCUT2D eigenvalue weighted by atomic mass is 79.9. The predicted molar refractivity (Wildman–Crippen MR) is 61.7 cm³/mol. The Morgan fingerprint density at radius 2 is 2.27 bits per heavy atom. The third kappa shape index (κ3) is 3.86. The molecule has 0 N–H and O–H groups in total. The van der Waals surface area contributed by atoms with Crippen molar-refractivity contribution in [2.45, 2.75) is 26.5 Å². The Kier molecular flexibility index (Phi) is 4.53. The highest BCUT2D eigenvalue weighted by Crippen LogP contribution is 2.27. The number of hydrogen-bond donors (Lipinski definition) is 0. The maximum Gasteiger partial charge on any atom is 0.235 e. The molecule has 0 spiro atoms. The van der Waals surface area contributed by atoms with Crippen molar-refractivity contribution < 1.29 is 9.53 Å². The zero-order chi connectivity index (χ0) is 11.3. The first-order chi connectivity index (χ1) is 7.13. The molecule has 0 saturated carbocycles. The summed E-state index contributed by atoms with van der Waals surface area (Å²) < 4.78 is 6.42. The molecule has 0 aliphatic rings. The van der Waals surface area contributed by atoms with Gasteiger partial charge in [0.15, 0.2) is 0 Å². The zero-order valence-electron chi connectivity index (χ0n) is 8.66. The van der Waals surface area contributed by atoms with E-state index in [1.54, 1.807) is 0 Å². The fourth-order valence-corrected chi connectivity index (χ4v) is 1.64. The van der Waals surface area contributed by atoms with Crippen LogP contribution in [0.15, 0.2) is 27.7 Å². The average molecular weight is 270 g/mol. The van der Waals surface area contributed by atoms with Gasteiger partial charge in [-0.05, 0) is 47.5 Å². The second-order valence-electron chi connectivity index (χ2n) is 3.34. The summed E-state index contributed by atoms with van der Waals surface area (Å²) in [5, 5.41) is 0. The molecule has 0 aromatic heterocycles. The molecule has 0 amide bonds. The summed E-state index contributed by atoms with van der Waals surface area (Å²) in [4.78, 5) is 13.5. The number of aliphatic imine (C=N–C) groups is 1. The third-order valence-corrected chi connectivity index (χ3v) is 2.30. The minimum Gasteiger partial charge on any atom is -0.490 e. The van der Waals surface area contributed by atoms with Gasteiger partial charge >= 0.3 is 0 Å². The van der Waals surface area contributed by atoms with Gasteiger partial charge in [0, 0.05) is 0 Å². The van der Waals surface area contributed by atoms with Crippen LogP contribution >= 0.6 is 15.9 Å². The van der Waals surface area contributed by atoms with Crippen LogP contribution in [-0.4, -0.2) is 12.2 Å². The Balaban J connectivity index is 2.82. The van der Waals surface area contributed by atoms with Gasteiger partial charge < -0.3 is 4.74 Å². The van der Waals surface area contributed by atoms with Crippen LogP contribution in [0, 0.1) is 0 Å². The van der Waals surface area contributed by atoms with Crippen LogP contribution in [0.3, 0.4) is 0 Å². The van der Waals surface area contributed by atoms with E-state index in [0.29, 0.717) is 6.54 Å². The largest absolute Gasteiger partial charge is 0.490 e. The number of nitrogens with zero attached hydrogens (tertiary/aromatic N) is 1. The lowest BCUT2D eigenvalue weighted by Gasteiger charge is -2.11. The van der Waals surface area contributed by atoms with Crippen LogP contribution in [0.5, 0.6) is 5.75 Å². The molecule has 4 heteroatoms. The minimum atomic E-state index is 0.139. The molecule has 80 valence electrons. The molecule has 1 aromatic rings. The van der Waals surface area contributed by atoms with Crippen LogP contribution in [0.2, 0.25) is 0 Å². The maximum atomic E-state index is 9.95. The van der Waals surface area contributed by atoms with E-state index in [0.717, 1.165) is 15.8 Å². The van der Waals surface area contributed by atoms with Gasteiger partial charge in [-0.1, -0.05) is 6.07 Å². The number of isocyanates is 1. The normalized spacial score (nSPS) is 9.87. The molecule has 3 nitrogen and oxygen atoms in total. The van der Waals surface area contributed by atoms with Gasteiger partial charge in [0.25, 0.3) is 0 Å². The van der Waals surface area contributed by atoms with E-state index >= 15 is 0 Å². The van der Waals surface area contributed by atoms with Crippen LogP contribution in [0.25, 0.3) is 0 Å². The van der Waals surface area contributed by atoms with E-state index in [1.165, 1.54) is 6.08 Å². The lowest BCUT2D eigenvalue weighted by Crippen LogP contribution is -2.05. The average Bonchev–Trinajstić information content (AvgIpc) is 2.18.